The molecule has 0 aliphatic carbocycles. The van der Waals surface area contributed by atoms with Crippen LogP contribution in [0.25, 0.3) is 11.1 Å². The first kappa shape index (κ1) is 17.2. The van der Waals surface area contributed by atoms with Crippen LogP contribution in [0, 0.1) is 0 Å². The molecular formula is C19H16AsN2O3. The van der Waals surface area contributed by atoms with E-state index in [9.17, 15) is 4.79 Å². The number of carbonyl (C=O) groups is 1. The Labute approximate surface area is 152 Å². The fourth-order valence-electron chi connectivity index (χ4n) is 2.34. The predicted molar refractivity (Wildman–Crippen MR) is 96.8 cm³/mol. The number of benzene rings is 2. The topological polar surface area (TPSA) is 72.3 Å². The van der Waals surface area contributed by atoms with Gasteiger partial charge in [-0.1, -0.05) is 0 Å². The molecule has 1 aromatic heterocycles. The number of aliphatic carboxylic acids is 1. The van der Waals surface area contributed by atoms with Gasteiger partial charge in [0.05, 0.1) is 0 Å². The molecule has 6 heteroatoms. The third-order valence-corrected chi connectivity index (χ3v) is 5.59. The molecule has 2 aromatic carbocycles. The van der Waals surface area contributed by atoms with E-state index in [1.54, 1.807) is 7.11 Å². The summed E-state index contributed by atoms with van der Waals surface area (Å²) in [5.41, 5.74) is 2.79. The minimum atomic E-state index is -0.825. The van der Waals surface area contributed by atoms with Gasteiger partial charge in [0.2, 0.25) is 0 Å². The van der Waals surface area contributed by atoms with Crippen molar-refractivity contribution in [3.05, 3.63) is 66.5 Å². The van der Waals surface area contributed by atoms with E-state index in [1.807, 2.05) is 60.9 Å². The van der Waals surface area contributed by atoms with Crippen molar-refractivity contribution < 1.29 is 14.6 Å². The van der Waals surface area contributed by atoms with E-state index in [4.69, 9.17) is 9.84 Å². The Balaban J connectivity index is 1.73. The van der Waals surface area contributed by atoms with Crippen LogP contribution in [0.1, 0.15) is 5.56 Å². The number of rotatable bonds is 6. The normalized spacial score (nSPS) is 10.9. The van der Waals surface area contributed by atoms with Crippen molar-refractivity contribution in [1.29, 1.82) is 0 Å². The van der Waals surface area contributed by atoms with Crippen molar-refractivity contribution >= 4 is 30.7 Å². The first-order chi connectivity index (χ1) is 12.1. The number of carboxylic acids is 1. The van der Waals surface area contributed by atoms with Gasteiger partial charge in [-0.05, 0) is 0 Å². The van der Waals surface area contributed by atoms with Gasteiger partial charge in [0.25, 0.3) is 0 Å². The van der Waals surface area contributed by atoms with Crippen molar-refractivity contribution in [3.63, 3.8) is 0 Å². The molecule has 0 amide bonds. The van der Waals surface area contributed by atoms with Crippen molar-refractivity contribution in [2.75, 3.05) is 7.11 Å². The summed E-state index contributed by atoms with van der Waals surface area (Å²) < 4.78 is 7.04. The summed E-state index contributed by atoms with van der Waals surface area (Å²) in [5, 5.41) is 8.89. The molecule has 0 spiro atoms. The van der Waals surface area contributed by atoms with Crippen molar-refractivity contribution in [1.82, 2.24) is 9.97 Å². The molecule has 0 unspecified atom stereocenters. The van der Waals surface area contributed by atoms with Crippen LogP contribution < -0.4 is 13.7 Å². The van der Waals surface area contributed by atoms with Gasteiger partial charge in [0, 0.05) is 0 Å². The summed E-state index contributed by atoms with van der Waals surface area (Å²) in [7, 11) is 1.64. The van der Waals surface area contributed by atoms with Crippen LogP contribution in [0.3, 0.4) is 0 Å². The molecule has 0 saturated carbocycles. The molecule has 0 aliphatic heterocycles. The van der Waals surface area contributed by atoms with Gasteiger partial charge >= 0.3 is 152 Å². The molecule has 1 radical (unpaired) electrons. The zero-order valence-corrected chi connectivity index (χ0v) is 15.5. The number of hydrogen-bond donors (Lipinski definition) is 1. The molecule has 125 valence electrons. The molecule has 0 saturated heterocycles. The average molecular weight is 395 g/mol. The van der Waals surface area contributed by atoms with Crippen LogP contribution in [-0.2, 0) is 11.2 Å². The van der Waals surface area contributed by atoms with Gasteiger partial charge in [-0.3, -0.25) is 0 Å². The Morgan fingerprint density at radius 1 is 1.08 bits per heavy atom. The standard InChI is InChI=1S/C19H16AsN2O3/c1-25-17-7-5-14(6-8-17)15-11-21-19(22-12-15)20-16-4-2-3-13(9-16)10-18(23)24/h2-9,11-12H,10H2,1H3,(H,23,24). The van der Waals surface area contributed by atoms with Gasteiger partial charge in [0.1, 0.15) is 0 Å². The summed E-state index contributed by atoms with van der Waals surface area (Å²) in [4.78, 5) is 19.8. The van der Waals surface area contributed by atoms with Crippen molar-refractivity contribution in [2.24, 2.45) is 0 Å². The number of methoxy groups -OCH3 is 1. The van der Waals surface area contributed by atoms with Gasteiger partial charge in [-0.15, -0.1) is 0 Å². The number of hydrogen-bond acceptors (Lipinski definition) is 4. The molecule has 0 bridgehead atoms. The second-order valence-corrected chi connectivity index (χ2v) is 7.74. The first-order valence-corrected chi connectivity index (χ1v) is 9.50. The number of carboxylic acid groups (broad SMARTS) is 1. The maximum atomic E-state index is 10.8. The molecule has 0 fully saturated rings. The molecule has 0 aliphatic rings. The van der Waals surface area contributed by atoms with Gasteiger partial charge in [-0.25, -0.2) is 0 Å². The fourth-order valence-corrected chi connectivity index (χ4v) is 4.13. The van der Waals surface area contributed by atoms with Crippen LogP contribution in [0.15, 0.2) is 60.9 Å². The molecular weight excluding hydrogens is 379 g/mol. The molecule has 3 rings (SSSR count). The van der Waals surface area contributed by atoms with Crippen LogP contribution in [0.4, 0.5) is 0 Å². The van der Waals surface area contributed by atoms with E-state index in [1.165, 1.54) is 0 Å². The Morgan fingerprint density at radius 3 is 2.44 bits per heavy atom. The summed E-state index contributed by atoms with van der Waals surface area (Å²) in [6.45, 7) is 0. The molecule has 5 nitrogen and oxygen atoms in total. The molecule has 3 aromatic rings. The van der Waals surface area contributed by atoms with Crippen molar-refractivity contribution in [2.45, 2.75) is 6.42 Å². The van der Waals surface area contributed by atoms with Gasteiger partial charge in [0.15, 0.2) is 0 Å². The van der Waals surface area contributed by atoms with E-state index in [0.717, 1.165) is 31.4 Å². The Bertz CT molecular complexity index is 865. The van der Waals surface area contributed by atoms with Crippen LogP contribution in [-0.4, -0.2) is 43.9 Å². The van der Waals surface area contributed by atoms with E-state index < -0.39 is 5.97 Å². The van der Waals surface area contributed by atoms with E-state index in [2.05, 4.69) is 9.97 Å². The average Bonchev–Trinajstić information content (AvgIpc) is 2.62. The molecule has 0 atom stereocenters. The predicted octanol–water partition coefficient (Wildman–Crippen LogP) is 1.43. The molecule has 1 heterocycles. The summed E-state index contributed by atoms with van der Waals surface area (Å²) in [6, 6.07) is 15.4. The van der Waals surface area contributed by atoms with Crippen molar-refractivity contribution in [3.8, 4) is 16.9 Å². The SMILES string of the molecule is COc1ccc(-c2cnc([As]c3cccc(CC(=O)O)c3)nc2)cc1. The fraction of sp³-hybridized carbons (Fsp3) is 0.105. The summed E-state index contributed by atoms with van der Waals surface area (Å²) in [6.07, 6.45) is 3.67. The van der Waals surface area contributed by atoms with Gasteiger partial charge < -0.3 is 0 Å². The zero-order chi connectivity index (χ0) is 17.6. The minimum absolute atomic E-state index is 0.0340. The summed E-state index contributed by atoms with van der Waals surface area (Å²) in [5.74, 6) is -0.0129. The van der Waals surface area contributed by atoms with E-state index >= 15 is 0 Å². The first-order valence-electron chi connectivity index (χ1n) is 7.63. The van der Waals surface area contributed by atoms with Gasteiger partial charge in [-0.2, -0.15) is 0 Å². The quantitative estimate of drug-likeness (QED) is 0.640. The van der Waals surface area contributed by atoms with E-state index in [-0.39, 0.29) is 22.2 Å². The van der Waals surface area contributed by atoms with Crippen LogP contribution >= 0.6 is 0 Å². The number of aromatic nitrogens is 2. The Hall–Kier alpha value is -2.65. The monoisotopic (exact) mass is 395 g/mol. The van der Waals surface area contributed by atoms with Crippen LogP contribution in [0.5, 0.6) is 5.75 Å². The molecule has 1 N–H and O–H groups in total. The Morgan fingerprint density at radius 2 is 1.80 bits per heavy atom. The Kier molecular flexibility index (Phi) is 5.46. The third kappa shape index (κ3) is 4.67. The second kappa shape index (κ2) is 7.95. The number of ether oxygens (including phenoxy) is 1. The maximum absolute atomic E-state index is 10.8. The summed E-state index contributed by atoms with van der Waals surface area (Å²) >= 11 is -0.377. The van der Waals surface area contributed by atoms with Crippen LogP contribution in [0.2, 0.25) is 0 Å². The number of nitrogens with zero attached hydrogens (tertiary/aromatic N) is 2. The molecule has 25 heavy (non-hydrogen) atoms. The zero-order valence-electron chi connectivity index (χ0n) is 13.6. The third-order valence-electron chi connectivity index (χ3n) is 3.56. The van der Waals surface area contributed by atoms with E-state index in [0.29, 0.717) is 0 Å². The second-order valence-electron chi connectivity index (χ2n) is 5.35.